The molecule has 2 atom stereocenters. The van der Waals surface area contributed by atoms with Gasteiger partial charge in [0, 0.05) is 28.9 Å². The monoisotopic (exact) mass is 596 g/mol. The maximum Gasteiger partial charge on any atom is 0.412 e. The fraction of sp³-hybridized carbons (Fsp3) is 0.414. The van der Waals surface area contributed by atoms with Gasteiger partial charge in [0.15, 0.2) is 5.82 Å². The van der Waals surface area contributed by atoms with E-state index in [1.54, 1.807) is 27.7 Å². The van der Waals surface area contributed by atoms with Gasteiger partial charge in [-0.25, -0.2) is 28.7 Å². The zero-order valence-corrected chi connectivity index (χ0v) is 24.2. The van der Waals surface area contributed by atoms with Crippen LogP contribution in [0.25, 0.3) is 21.9 Å². The summed E-state index contributed by atoms with van der Waals surface area (Å²) in [6.07, 6.45) is 1.48. The Morgan fingerprint density at radius 2 is 1.93 bits per heavy atom. The van der Waals surface area contributed by atoms with E-state index >= 15 is 4.39 Å². The van der Waals surface area contributed by atoms with Crippen LogP contribution in [0.3, 0.4) is 0 Å². The van der Waals surface area contributed by atoms with E-state index in [9.17, 15) is 24.6 Å². The smallest absolute Gasteiger partial charge is 0.412 e. The highest BCUT2D eigenvalue weighted by atomic mass is 19.1. The lowest BCUT2D eigenvalue weighted by Crippen LogP contribution is -2.47. The summed E-state index contributed by atoms with van der Waals surface area (Å²) < 4.78 is 27.4. The molecule has 1 saturated carbocycles. The van der Waals surface area contributed by atoms with Crippen molar-refractivity contribution in [1.29, 1.82) is 0 Å². The van der Waals surface area contributed by atoms with Crippen LogP contribution in [-0.2, 0) is 4.74 Å². The molecular formula is C29H33FN6O7. The second kappa shape index (κ2) is 11.2. The minimum atomic E-state index is -1.21. The maximum atomic E-state index is 16.4. The molecule has 1 aliphatic heterocycles. The van der Waals surface area contributed by atoms with Crippen molar-refractivity contribution in [2.75, 3.05) is 28.3 Å². The van der Waals surface area contributed by atoms with Crippen molar-refractivity contribution in [1.82, 2.24) is 9.97 Å². The van der Waals surface area contributed by atoms with Crippen LogP contribution in [0.5, 0.6) is 5.88 Å². The van der Waals surface area contributed by atoms with E-state index in [-0.39, 0.29) is 52.7 Å². The Morgan fingerprint density at radius 1 is 1.19 bits per heavy atom. The summed E-state index contributed by atoms with van der Waals surface area (Å²) in [5.74, 6) is -0.603. The number of fused-ring (bicyclic) bond motifs is 2. The van der Waals surface area contributed by atoms with Crippen LogP contribution in [-0.4, -0.2) is 69.3 Å². The molecule has 5 rings (SSSR count). The quantitative estimate of drug-likeness (QED) is 0.330. The van der Waals surface area contributed by atoms with Crippen LogP contribution >= 0.6 is 0 Å². The SMILES string of the molecule is Cc1c(-c2cc3cc(N(C(N)=O)[C@H]4CCC[C@H]4O)ncc3c(NC(=O)OC(C)(C)C)c2F)cnc2c1N(C(=O)O)CCO2. The maximum absolute atomic E-state index is 16.4. The Bertz CT molecular complexity index is 1630. The molecule has 3 aromatic rings. The Kier molecular flexibility index (Phi) is 7.73. The van der Waals surface area contributed by atoms with Gasteiger partial charge >= 0.3 is 18.2 Å². The van der Waals surface area contributed by atoms with Crippen LogP contribution in [0.4, 0.5) is 36.0 Å². The van der Waals surface area contributed by atoms with Gasteiger partial charge in [-0.3, -0.25) is 15.1 Å². The van der Waals surface area contributed by atoms with E-state index in [1.807, 2.05) is 0 Å². The van der Waals surface area contributed by atoms with E-state index in [4.69, 9.17) is 15.2 Å². The molecule has 0 bridgehead atoms. The standard InChI is InChI=1S/C29H33FN6O7/c1-14-17(12-33-25-24(14)35(28(40)41)8-9-42-25)16-10-15-11-21(36(26(31)38)19-6-5-7-20(19)37)32-13-18(15)23(22(16)30)34-27(39)43-29(2,3)4/h10-13,19-20,37H,5-9H2,1-4H3,(H2,31,38)(H,34,39)(H,40,41)/t19-,20+/m0/s1. The van der Waals surface area contributed by atoms with Crippen molar-refractivity contribution in [3.8, 4) is 17.0 Å². The summed E-state index contributed by atoms with van der Waals surface area (Å²) in [4.78, 5) is 48.2. The summed E-state index contributed by atoms with van der Waals surface area (Å²) in [5.41, 5.74) is 5.40. The number of anilines is 3. The molecule has 14 heteroatoms. The molecule has 2 aliphatic rings. The molecule has 4 amide bonds. The molecule has 3 heterocycles. The van der Waals surface area contributed by atoms with Crippen LogP contribution < -0.4 is 25.6 Å². The summed E-state index contributed by atoms with van der Waals surface area (Å²) in [6, 6.07) is 1.61. The van der Waals surface area contributed by atoms with Gasteiger partial charge in [-0.2, -0.15) is 0 Å². The van der Waals surface area contributed by atoms with Gasteiger partial charge in [-0.1, -0.05) is 0 Å². The number of aliphatic hydroxyl groups is 1. The minimum Gasteiger partial charge on any atom is -0.474 e. The molecule has 1 aromatic carbocycles. The topological polar surface area (TPSA) is 180 Å². The normalized spacial score (nSPS) is 18.1. The van der Waals surface area contributed by atoms with Crippen molar-refractivity contribution < 1.29 is 38.5 Å². The van der Waals surface area contributed by atoms with Crippen molar-refractivity contribution in [2.24, 2.45) is 5.73 Å². The average molecular weight is 597 g/mol. The first-order chi connectivity index (χ1) is 20.3. The van der Waals surface area contributed by atoms with Crippen LogP contribution in [0.2, 0.25) is 0 Å². The summed E-state index contributed by atoms with van der Waals surface area (Å²) in [6.45, 7) is 6.80. The number of carboxylic acid groups (broad SMARTS) is 1. The number of nitrogens with one attached hydrogen (secondary N) is 1. The zero-order valence-electron chi connectivity index (χ0n) is 24.2. The van der Waals surface area contributed by atoms with Gasteiger partial charge < -0.3 is 25.4 Å². The zero-order chi connectivity index (χ0) is 31.2. The number of pyridine rings is 2. The number of aliphatic hydroxyl groups excluding tert-OH is 1. The number of benzene rings is 1. The molecule has 2 aromatic heterocycles. The van der Waals surface area contributed by atoms with Crippen LogP contribution in [0, 0.1) is 12.7 Å². The van der Waals surface area contributed by atoms with Crippen molar-refractivity contribution in [3.63, 3.8) is 0 Å². The number of nitrogens with zero attached hydrogens (tertiary/aromatic N) is 4. The third kappa shape index (κ3) is 5.69. The van der Waals surface area contributed by atoms with Crippen LogP contribution in [0.15, 0.2) is 24.5 Å². The Balaban J connectivity index is 1.71. The lowest BCUT2D eigenvalue weighted by atomic mass is 9.96. The number of carbonyl (C=O) groups is 3. The molecule has 0 saturated heterocycles. The second-order valence-corrected chi connectivity index (χ2v) is 11.5. The number of ether oxygens (including phenoxy) is 2. The van der Waals surface area contributed by atoms with E-state index in [1.165, 1.54) is 29.4 Å². The van der Waals surface area contributed by atoms with Crippen molar-refractivity contribution in [3.05, 3.63) is 35.9 Å². The average Bonchev–Trinajstić information content (AvgIpc) is 3.34. The number of hydrogen-bond acceptors (Lipinski definition) is 8. The molecule has 0 radical (unpaired) electrons. The van der Waals surface area contributed by atoms with Gasteiger partial charge in [0.2, 0.25) is 5.88 Å². The van der Waals surface area contributed by atoms with Crippen molar-refractivity contribution in [2.45, 2.75) is 64.7 Å². The third-order valence-corrected chi connectivity index (χ3v) is 7.45. The molecule has 1 aliphatic carbocycles. The summed E-state index contributed by atoms with van der Waals surface area (Å²) in [7, 11) is 0. The fourth-order valence-corrected chi connectivity index (χ4v) is 5.58. The highest BCUT2D eigenvalue weighted by Gasteiger charge is 2.35. The number of nitrogens with two attached hydrogens (primary N) is 1. The Morgan fingerprint density at radius 3 is 2.56 bits per heavy atom. The Hall–Kier alpha value is -4.72. The van der Waals surface area contributed by atoms with E-state index in [0.29, 0.717) is 30.2 Å². The molecule has 43 heavy (non-hydrogen) atoms. The number of amides is 4. The molecular weight excluding hydrogens is 563 g/mol. The van der Waals surface area contributed by atoms with Gasteiger partial charge in [-0.15, -0.1) is 0 Å². The van der Waals surface area contributed by atoms with Gasteiger partial charge in [0.25, 0.3) is 0 Å². The first kappa shape index (κ1) is 29.8. The lowest BCUT2D eigenvalue weighted by molar-refractivity contribution is 0.0635. The third-order valence-electron chi connectivity index (χ3n) is 7.45. The summed E-state index contributed by atoms with van der Waals surface area (Å²) >= 11 is 0. The molecule has 0 unspecified atom stereocenters. The highest BCUT2D eigenvalue weighted by molar-refractivity contribution is 6.05. The predicted octanol–water partition coefficient (Wildman–Crippen LogP) is 4.77. The van der Waals surface area contributed by atoms with Crippen molar-refractivity contribution >= 4 is 46.2 Å². The number of halogens is 1. The summed E-state index contributed by atoms with van der Waals surface area (Å²) in [5, 5.41) is 23.3. The van der Waals surface area contributed by atoms with Gasteiger partial charge in [0.1, 0.15) is 23.7 Å². The van der Waals surface area contributed by atoms with Crippen LogP contribution in [0.1, 0.15) is 45.6 Å². The minimum absolute atomic E-state index is 0.00838. The molecule has 0 spiro atoms. The molecule has 5 N–H and O–H groups in total. The molecule has 228 valence electrons. The largest absolute Gasteiger partial charge is 0.474 e. The number of rotatable bonds is 4. The highest BCUT2D eigenvalue weighted by Crippen LogP contribution is 2.42. The first-order valence-electron chi connectivity index (χ1n) is 13.8. The number of primary amides is 1. The number of aromatic nitrogens is 2. The van der Waals surface area contributed by atoms with Gasteiger partial charge in [-0.05, 0) is 70.0 Å². The number of urea groups is 1. The van der Waals surface area contributed by atoms with E-state index in [2.05, 4.69) is 15.3 Å². The Labute approximate surface area is 246 Å². The molecule has 13 nitrogen and oxygen atoms in total. The predicted molar refractivity (Wildman–Crippen MR) is 156 cm³/mol. The number of hydrogen-bond donors (Lipinski definition) is 4. The first-order valence-corrected chi connectivity index (χ1v) is 13.8. The van der Waals surface area contributed by atoms with E-state index < -0.39 is 41.8 Å². The second-order valence-electron chi connectivity index (χ2n) is 11.5. The fourth-order valence-electron chi connectivity index (χ4n) is 5.58. The lowest BCUT2D eigenvalue weighted by Gasteiger charge is -2.29. The molecule has 1 fully saturated rings. The number of carbonyl (C=O) groups excluding carboxylic acids is 2. The van der Waals surface area contributed by atoms with E-state index in [0.717, 1.165) is 4.90 Å². The van der Waals surface area contributed by atoms with Gasteiger partial charge in [0.05, 0.1) is 24.4 Å².